The molecule has 11 rings (SSSR count). The molecular formula is C105H216N10O12. The maximum Gasteiger partial charge on any atom is 0.0678 e. The van der Waals surface area contributed by atoms with E-state index in [1.807, 2.05) is 13.8 Å². The lowest BCUT2D eigenvalue weighted by atomic mass is 9.51. The van der Waals surface area contributed by atoms with Crippen LogP contribution in [-0.2, 0) is 52.1 Å². The summed E-state index contributed by atoms with van der Waals surface area (Å²) in [4.78, 5) is 25.0. The highest BCUT2D eigenvalue weighted by atomic mass is 16.5. The zero-order valence-electron chi connectivity index (χ0n) is 89.0. The van der Waals surface area contributed by atoms with Gasteiger partial charge in [0.05, 0.1) is 111 Å². The summed E-state index contributed by atoms with van der Waals surface area (Å²) in [5, 5.41) is 9.93. The number of rotatable bonds is 42. The van der Waals surface area contributed by atoms with Gasteiger partial charge in [0, 0.05) is 183 Å². The molecule has 2 spiro atoms. The number of aliphatic hydroxyl groups is 1. The quantitative estimate of drug-likeness (QED) is 0.0576. The topological polar surface area (TPSA) is 154 Å². The SMILES string of the molecule is CC(C)OCCC1CC2(CCC2)C1.CC(C)OCCCN1CC(C)OC(C)C1.CC(C)OCCCN1CC2(CCC2)C1.CC(C)OCCCN1CCN(C)CC1.CC(C)OCCCN1C[C@@H](C)O[C@@H](C)C1.CC(C)OCCN1CCC(C(C)(C)O)CC1.CC(C)OCCN1CCCCC1.CC(C)OCCN1CCN(C(C)C)CC1.CC1CCN(CCOC(C)C)CC1. The van der Waals surface area contributed by atoms with Gasteiger partial charge in [-0.05, 0) is 364 Å². The van der Waals surface area contributed by atoms with Gasteiger partial charge >= 0.3 is 0 Å². The van der Waals surface area contributed by atoms with Crippen molar-refractivity contribution in [2.75, 3.05) is 250 Å². The van der Waals surface area contributed by atoms with E-state index in [0.717, 1.165) is 186 Å². The summed E-state index contributed by atoms with van der Waals surface area (Å²) in [6, 6.07) is 0.694. The summed E-state index contributed by atoms with van der Waals surface area (Å²) in [5.41, 5.74) is 1.13. The molecule has 127 heavy (non-hydrogen) atoms. The molecule has 1 N–H and O–H groups in total. The first-order valence-electron chi connectivity index (χ1n) is 53.0. The van der Waals surface area contributed by atoms with Crippen molar-refractivity contribution in [2.45, 2.75) is 406 Å². The molecule has 11 aliphatic rings. The lowest BCUT2D eigenvalue weighted by Crippen LogP contribution is -2.59. The first-order chi connectivity index (χ1) is 60.2. The maximum atomic E-state index is 9.93. The second-order valence-electron chi connectivity index (χ2n) is 43.5. The highest BCUT2D eigenvalue weighted by molar-refractivity contribution is 5.01. The molecule has 0 bridgehead atoms. The molecule has 0 aromatic rings. The molecule has 8 heterocycles. The molecule has 22 nitrogen and oxygen atoms in total. The predicted molar refractivity (Wildman–Crippen MR) is 535 cm³/mol. The maximum absolute atomic E-state index is 9.93. The van der Waals surface area contributed by atoms with Crippen LogP contribution >= 0.6 is 0 Å². The van der Waals surface area contributed by atoms with E-state index < -0.39 is 5.60 Å². The molecule has 3 aliphatic carbocycles. The van der Waals surface area contributed by atoms with Gasteiger partial charge in [0.15, 0.2) is 0 Å². The summed E-state index contributed by atoms with van der Waals surface area (Å²) in [6.45, 7) is 98.1. The van der Waals surface area contributed by atoms with Crippen LogP contribution in [0.1, 0.15) is 315 Å². The van der Waals surface area contributed by atoms with Crippen LogP contribution in [0.25, 0.3) is 0 Å². The summed E-state index contributed by atoms with van der Waals surface area (Å²) in [6.07, 6.45) is 31.9. The standard InChI is InChI=1S/C13H27NO2.C12H26N2O.2C12H25NO2.C12H23NO.C12H22O.C11H24N2O.C11H23NO.C10H21NO/c1-11(2)16-10-9-14-7-5-12(6-8-14)13(3,4)15;1-11(2)14-7-5-13(6-8-14)9-10-15-12(3)4;2*1-10(2)14-7-5-6-13-8-11(3)15-12(4)9-13;1-11(2)14-8-4-7-13-9-12(10-13)5-3-6-12;1-10(2)13-7-4-11-8-12(9-11)5-3-6-12;1-11(2)14-10-4-5-13-8-6-12(3)7-9-13;1-10(2)13-9-8-12-6-4-11(3)5-7-12;1-10(2)12-9-8-11-6-4-3-5-7-11/h11-12,15H,5-10H2,1-4H3;11-12H,5-10H2,1-4H3;2*10-12H,5-9H2,1-4H3;11H,3-10H2,1-2H3;10-11H,3-9H2,1-2H3;11H,4-10H2,1-3H3;10-11H,4-9H2,1-3H3;10H,3-9H2,1-2H3/t;;11-,12+;;;;;;. The number of piperazine rings is 2. The first-order valence-corrected chi connectivity index (χ1v) is 53.0. The van der Waals surface area contributed by atoms with E-state index in [0.29, 0.717) is 91.3 Å². The number of hydrogen-bond donors (Lipinski definition) is 1. The van der Waals surface area contributed by atoms with Crippen LogP contribution in [0.2, 0.25) is 0 Å². The summed E-state index contributed by atoms with van der Waals surface area (Å²) in [5.74, 6) is 2.39. The van der Waals surface area contributed by atoms with Gasteiger partial charge in [0.1, 0.15) is 0 Å². The second kappa shape index (κ2) is 69.9. The monoisotopic (exact) mass is 1810 g/mol. The molecule has 22 heteroatoms. The number of hydrogen-bond acceptors (Lipinski definition) is 22. The highest BCUT2D eigenvalue weighted by Crippen LogP contribution is 2.59. The number of ether oxygens (including phenoxy) is 11. The lowest BCUT2D eigenvalue weighted by Gasteiger charge is -2.56. The fourth-order valence-electron chi connectivity index (χ4n) is 18.9. The molecular weight excluding hydrogens is 1590 g/mol. The van der Waals surface area contributed by atoms with Gasteiger partial charge in [-0.25, -0.2) is 0 Å². The molecule has 8 aliphatic heterocycles. The predicted octanol–water partition coefficient (Wildman–Crippen LogP) is 17.9. The van der Waals surface area contributed by atoms with E-state index in [2.05, 4.69) is 229 Å². The highest BCUT2D eigenvalue weighted by Gasteiger charge is 2.48. The Morgan fingerprint density at radius 3 is 0.929 bits per heavy atom. The minimum atomic E-state index is -0.513. The Labute approximate surface area is 786 Å². The van der Waals surface area contributed by atoms with Crippen molar-refractivity contribution in [1.82, 2.24) is 49.0 Å². The Morgan fingerprint density at radius 1 is 0.315 bits per heavy atom. The van der Waals surface area contributed by atoms with Crippen LogP contribution in [0.3, 0.4) is 0 Å². The van der Waals surface area contributed by atoms with Crippen LogP contribution in [0.5, 0.6) is 0 Å². The molecule has 0 aromatic carbocycles. The molecule has 3 saturated carbocycles. The molecule has 4 atom stereocenters. The summed E-state index contributed by atoms with van der Waals surface area (Å²) in [7, 11) is 2.19. The average molecular weight is 1810 g/mol. The van der Waals surface area contributed by atoms with Gasteiger partial charge in [-0.2, -0.15) is 0 Å². The Bertz CT molecular complexity index is 2420. The number of likely N-dealkylation sites (tertiary alicyclic amines) is 4. The molecule has 0 amide bonds. The van der Waals surface area contributed by atoms with Gasteiger partial charge in [-0.15, -0.1) is 0 Å². The third-order valence-electron chi connectivity index (χ3n) is 26.7. The zero-order valence-corrected chi connectivity index (χ0v) is 89.0. The fourth-order valence-corrected chi connectivity index (χ4v) is 18.9. The van der Waals surface area contributed by atoms with Crippen molar-refractivity contribution in [1.29, 1.82) is 0 Å². The van der Waals surface area contributed by atoms with E-state index in [1.165, 1.54) is 207 Å². The van der Waals surface area contributed by atoms with Crippen molar-refractivity contribution in [3.63, 3.8) is 0 Å². The van der Waals surface area contributed by atoms with Crippen LogP contribution in [0.4, 0.5) is 0 Å². The van der Waals surface area contributed by atoms with E-state index in [9.17, 15) is 5.11 Å². The van der Waals surface area contributed by atoms with Crippen LogP contribution in [-0.4, -0.2) is 395 Å². The van der Waals surface area contributed by atoms with Gasteiger partial charge in [-0.3, -0.25) is 19.6 Å². The van der Waals surface area contributed by atoms with Crippen LogP contribution in [0.15, 0.2) is 0 Å². The minimum Gasteiger partial charge on any atom is -0.390 e. The van der Waals surface area contributed by atoms with Gasteiger partial charge < -0.3 is 86.6 Å². The lowest BCUT2D eigenvalue weighted by molar-refractivity contribution is -0.0700. The summed E-state index contributed by atoms with van der Waals surface area (Å²) < 4.78 is 61.2. The van der Waals surface area contributed by atoms with Crippen molar-refractivity contribution < 1.29 is 57.2 Å². The largest absolute Gasteiger partial charge is 0.390 e. The molecule has 0 aromatic heterocycles. The number of nitrogens with zero attached hydrogens (tertiary/aromatic N) is 10. The average Bonchev–Trinajstić information content (AvgIpc) is 0.768. The van der Waals surface area contributed by atoms with Crippen molar-refractivity contribution >= 4 is 0 Å². The normalized spacial score (nSPS) is 23.6. The van der Waals surface area contributed by atoms with Crippen molar-refractivity contribution in [3.05, 3.63) is 0 Å². The summed E-state index contributed by atoms with van der Waals surface area (Å²) >= 11 is 0. The smallest absolute Gasteiger partial charge is 0.0678 e. The molecule has 758 valence electrons. The zero-order chi connectivity index (χ0) is 94.2. The first kappa shape index (κ1) is 120. The second-order valence-corrected chi connectivity index (χ2v) is 43.5. The Kier molecular flexibility index (Phi) is 66.2. The Hall–Kier alpha value is -0.880. The molecule has 8 saturated heterocycles. The van der Waals surface area contributed by atoms with E-state index >= 15 is 0 Å². The number of morpholine rings is 2. The van der Waals surface area contributed by atoms with Crippen LogP contribution < -0.4 is 0 Å². The third-order valence-corrected chi connectivity index (χ3v) is 26.7. The van der Waals surface area contributed by atoms with Gasteiger partial charge in [0.25, 0.3) is 0 Å². The van der Waals surface area contributed by atoms with Gasteiger partial charge in [-0.1, -0.05) is 26.2 Å². The van der Waals surface area contributed by atoms with E-state index in [1.54, 1.807) is 0 Å². The number of likely N-dealkylation sites (N-methyl/N-ethyl adjacent to an activating group) is 1. The minimum absolute atomic E-state index is 0.328. The number of piperidine rings is 3. The molecule has 11 fully saturated rings. The van der Waals surface area contributed by atoms with Crippen molar-refractivity contribution in [3.8, 4) is 0 Å². The van der Waals surface area contributed by atoms with E-state index in [4.69, 9.17) is 52.1 Å². The van der Waals surface area contributed by atoms with E-state index in [-0.39, 0.29) is 0 Å². The van der Waals surface area contributed by atoms with Crippen LogP contribution in [0, 0.1) is 28.6 Å². The third kappa shape index (κ3) is 61.8. The van der Waals surface area contributed by atoms with Crippen molar-refractivity contribution in [2.24, 2.45) is 28.6 Å². The Morgan fingerprint density at radius 2 is 0.606 bits per heavy atom. The Balaban J connectivity index is 0.000000369. The molecule has 2 unspecified atom stereocenters. The van der Waals surface area contributed by atoms with Gasteiger partial charge in [0.2, 0.25) is 0 Å². The fraction of sp³-hybridized carbons (Fsp3) is 1.00. The molecule has 0 radical (unpaired) electrons.